The van der Waals surface area contributed by atoms with Crippen LogP contribution in [0.25, 0.3) is 0 Å². The Balaban J connectivity index is 2.19. The number of rotatable bonds is 5. The first kappa shape index (κ1) is 16.0. The van der Waals surface area contributed by atoms with E-state index < -0.39 is 12.1 Å². The van der Waals surface area contributed by atoms with Gasteiger partial charge in [0.05, 0.1) is 0 Å². The van der Waals surface area contributed by atoms with E-state index in [0.717, 1.165) is 4.90 Å². The molecule has 0 N–H and O–H groups in total. The Bertz CT molecular complexity index is 569. The number of imide groups is 1. The van der Waals surface area contributed by atoms with Gasteiger partial charge in [-0.1, -0.05) is 18.2 Å². The molecule has 1 atom stereocenters. The highest BCUT2D eigenvalue weighted by Crippen LogP contribution is 2.25. The van der Waals surface area contributed by atoms with Crippen LogP contribution in [0.3, 0.4) is 0 Å². The minimum atomic E-state index is -0.598. The number of carbonyl (C=O) groups is 3. The van der Waals surface area contributed by atoms with Gasteiger partial charge in [0.2, 0.25) is 5.91 Å². The Kier molecular flexibility index (Phi) is 4.80. The molecule has 1 aliphatic rings. The molecule has 1 fully saturated rings. The number of nitrogens with zero attached hydrogens (tertiary/aromatic N) is 3. The monoisotopic (exact) mass is 303 g/mol. The van der Waals surface area contributed by atoms with E-state index in [4.69, 9.17) is 0 Å². The second-order valence-corrected chi connectivity index (χ2v) is 5.15. The van der Waals surface area contributed by atoms with Crippen LogP contribution in [0, 0.1) is 0 Å². The van der Waals surface area contributed by atoms with Crippen molar-refractivity contribution in [3.8, 4) is 0 Å². The summed E-state index contributed by atoms with van der Waals surface area (Å²) in [6, 6.07) is 7.98. The lowest BCUT2D eigenvalue weighted by Crippen LogP contribution is -2.43. The molecule has 0 saturated carbocycles. The Hall–Kier alpha value is -2.37. The van der Waals surface area contributed by atoms with E-state index >= 15 is 0 Å². The molecular weight excluding hydrogens is 282 g/mol. The Morgan fingerprint density at radius 1 is 1.14 bits per heavy atom. The highest BCUT2D eigenvalue weighted by molar-refractivity contribution is 6.15. The van der Waals surface area contributed by atoms with Crippen LogP contribution >= 0.6 is 0 Å². The van der Waals surface area contributed by atoms with Gasteiger partial charge in [0.25, 0.3) is 5.91 Å². The first-order valence-corrected chi connectivity index (χ1v) is 7.48. The molecule has 22 heavy (non-hydrogen) atoms. The van der Waals surface area contributed by atoms with E-state index in [-0.39, 0.29) is 18.4 Å². The number of benzene rings is 1. The summed E-state index contributed by atoms with van der Waals surface area (Å²) < 4.78 is 0. The summed E-state index contributed by atoms with van der Waals surface area (Å²) in [5.74, 6) is -0.553. The third-order valence-electron chi connectivity index (χ3n) is 3.89. The van der Waals surface area contributed by atoms with Gasteiger partial charge in [0.15, 0.2) is 0 Å². The predicted molar refractivity (Wildman–Crippen MR) is 83.4 cm³/mol. The molecule has 118 valence electrons. The quantitative estimate of drug-likeness (QED) is 0.778. The molecule has 1 saturated heterocycles. The molecule has 0 spiro atoms. The van der Waals surface area contributed by atoms with Gasteiger partial charge in [-0.15, -0.1) is 0 Å². The van der Waals surface area contributed by atoms with E-state index in [0.29, 0.717) is 18.8 Å². The number of carbonyl (C=O) groups excluding carboxylic acids is 3. The van der Waals surface area contributed by atoms with Crippen molar-refractivity contribution in [2.45, 2.75) is 26.8 Å². The van der Waals surface area contributed by atoms with Crippen LogP contribution in [0.1, 0.15) is 20.8 Å². The first-order valence-electron chi connectivity index (χ1n) is 7.48. The van der Waals surface area contributed by atoms with Crippen molar-refractivity contribution in [2.24, 2.45) is 0 Å². The zero-order valence-electron chi connectivity index (χ0n) is 13.2. The summed E-state index contributed by atoms with van der Waals surface area (Å²) in [4.78, 5) is 41.1. The molecule has 2 rings (SSSR count). The van der Waals surface area contributed by atoms with Crippen molar-refractivity contribution in [3.05, 3.63) is 30.3 Å². The molecule has 1 unspecified atom stereocenters. The van der Waals surface area contributed by atoms with Crippen molar-refractivity contribution in [1.29, 1.82) is 0 Å². The SMILES string of the molecule is CCN(CC)C(=O)CN1C(=O)C(C)N(c2ccccc2)C1=O. The summed E-state index contributed by atoms with van der Waals surface area (Å²) in [7, 11) is 0. The molecule has 0 radical (unpaired) electrons. The minimum absolute atomic E-state index is 0.201. The topological polar surface area (TPSA) is 60.9 Å². The van der Waals surface area contributed by atoms with Crippen LogP contribution in [0.5, 0.6) is 0 Å². The standard InChI is InChI=1S/C16H21N3O3/c1-4-17(5-2)14(20)11-18-15(21)12(3)19(16(18)22)13-9-7-6-8-10-13/h6-10,12H,4-5,11H2,1-3H3. The van der Waals surface area contributed by atoms with Crippen LogP contribution in [0.2, 0.25) is 0 Å². The maximum absolute atomic E-state index is 12.5. The smallest absolute Gasteiger partial charge is 0.332 e. The highest BCUT2D eigenvalue weighted by Gasteiger charge is 2.44. The molecule has 1 aromatic carbocycles. The molecule has 0 aliphatic carbocycles. The summed E-state index contributed by atoms with van der Waals surface area (Å²) >= 11 is 0. The van der Waals surface area contributed by atoms with Gasteiger partial charge >= 0.3 is 6.03 Å². The van der Waals surface area contributed by atoms with Gasteiger partial charge in [-0.2, -0.15) is 0 Å². The van der Waals surface area contributed by atoms with E-state index in [1.807, 2.05) is 32.0 Å². The lowest BCUT2D eigenvalue weighted by Gasteiger charge is -2.22. The van der Waals surface area contributed by atoms with Gasteiger partial charge in [-0.25, -0.2) is 4.79 Å². The zero-order valence-corrected chi connectivity index (χ0v) is 13.2. The highest BCUT2D eigenvalue weighted by atomic mass is 16.2. The normalized spacial score (nSPS) is 18.0. The van der Waals surface area contributed by atoms with E-state index in [9.17, 15) is 14.4 Å². The first-order chi connectivity index (χ1) is 10.5. The number of likely N-dealkylation sites (N-methyl/N-ethyl adjacent to an activating group) is 1. The van der Waals surface area contributed by atoms with Crippen LogP contribution in [0.4, 0.5) is 10.5 Å². The van der Waals surface area contributed by atoms with E-state index in [2.05, 4.69) is 0 Å². The molecule has 0 aromatic heterocycles. The second-order valence-electron chi connectivity index (χ2n) is 5.15. The fourth-order valence-corrected chi connectivity index (χ4v) is 2.61. The maximum Gasteiger partial charge on any atom is 0.332 e. The number of amides is 4. The maximum atomic E-state index is 12.5. The van der Waals surface area contributed by atoms with Gasteiger partial charge in [-0.05, 0) is 32.9 Å². The minimum Gasteiger partial charge on any atom is -0.342 e. The Morgan fingerprint density at radius 2 is 1.73 bits per heavy atom. The van der Waals surface area contributed by atoms with Crippen molar-refractivity contribution >= 4 is 23.5 Å². The van der Waals surface area contributed by atoms with E-state index in [1.54, 1.807) is 24.0 Å². The molecule has 1 heterocycles. The Morgan fingerprint density at radius 3 is 2.27 bits per heavy atom. The zero-order chi connectivity index (χ0) is 16.3. The number of hydrogen-bond donors (Lipinski definition) is 0. The Labute approximate surface area is 130 Å². The van der Waals surface area contributed by atoms with Gasteiger partial charge in [0, 0.05) is 18.8 Å². The molecule has 6 nitrogen and oxygen atoms in total. The number of urea groups is 1. The second kappa shape index (κ2) is 6.60. The molecule has 1 aromatic rings. The van der Waals surface area contributed by atoms with Crippen LogP contribution in [0.15, 0.2) is 30.3 Å². The third-order valence-corrected chi connectivity index (χ3v) is 3.89. The van der Waals surface area contributed by atoms with Crippen molar-refractivity contribution in [1.82, 2.24) is 9.80 Å². The van der Waals surface area contributed by atoms with Crippen molar-refractivity contribution in [3.63, 3.8) is 0 Å². The average molecular weight is 303 g/mol. The third kappa shape index (κ3) is 2.81. The molecule has 6 heteroatoms. The molecule has 1 aliphatic heterocycles. The lowest BCUT2D eigenvalue weighted by atomic mass is 10.2. The van der Waals surface area contributed by atoms with E-state index in [1.165, 1.54) is 4.90 Å². The average Bonchev–Trinajstić information content (AvgIpc) is 2.73. The van der Waals surface area contributed by atoms with Crippen LogP contribution in [-0.2, 0) is 9.59 Å². The largest absolute Gasteiger partial charge is 0.342 e. The van der Waals surface area contributed by atoms with Gasteiger partial charge < -0.3 is 4.90 Å². The summed E-state index contributed by atoms with van der Waals surface area (Å²) in [5, 5.41) is 0. The van der Waals surface area contributed by atoms with Gasteiger partial charge in [0.1, 0.15) is 12.6 Å². The summed E-state index contributed by atoms with van der Waals surface area (Å²) in [6.07, 6.45) is 0. The summed E-state index contributed by atoms with van der Waals surface area (Å²) in [5.41, 5.74) is 0.658. The van der Waals surface area contributed by atoms with Crippen LogP contribution in [-0.4, -0.2) is 53.3 Å². The number of para-hydroxylation sites is 1. The predicted octanol–water partition coefficient (Wildman–Crippen LogP) is 1.71. The molecule has 0 bridgehead atoms. The fourth-order valence-electron chi connectivity index (χ4n) is 2.61. The van der Waals surface area contributed by atoms with Crippen LogP contribution < -0.4 is 4.90 Å². The molecular formula is C16H21N3O3. The van der Waals surface area contributed by atoms with Gasteiger partial charge in [-0.3, -0.25) is 19.4 Å². The number of hydrogen-bond acceptors (Lipinski definition) is 3. The van der Waals surface area contributed by atoms with Crippen molar-refractivity contribution in [2.75, 3.05) is 24.5 Å². The summed E-state index contributed by atoms with van der Waals surface area (Å²) in [6.45, 7) is 6.33. The van der Waals surface area contributed by atoms with Crippen molar-refractivity contribution < 1.29 is 14.4 Å². The molecule has 4 amide bonds. The lowest BCUT2D eigenvalue weighted by molar-refractivity contribution is -0.136. The number of anilines is 1. The fraction of sp³-hybridized carbons (Fsp3) is 0.438.